The number of thioether (sulfide) groups is 1. The molecular formula is C15H10F5NOS. The van der Waals surface area contributed by atoms with E-state index in [9.17, 15) is 22.0 Å². The molecule has 23 heavy (non-hydrogen) atoms. The fourth-order valence-corrected chi connectivity index (χ4v) is 2.37. The molecule has 0 spiro atoms. The van der Waals surface area contributed by atoms with Crippen molar-refractivity contribution in [2.24, 2.45) is 0 Å². The molecule has 0 radical (unpaired) electrons. The maximum Gasteiger partial charge on any atom is 0.446 e. The second-order valence-corrected chi connectivity index (χ2v) is 5.60. The molecular weight excluding hydrogens is 337 g/mol. The molecule has 1 aromatic carbocycles. The molecule has 0 N–H and O–H groups in total. The Morgan fingerprint density at radius 1 is 1.17 bits per heavy atom. The lowest BCUT2D eigenvalue weighted by atomic mass is 10.2. The molecule has 0 aliphatic rings. The second-order valence-electron chi connectivity index (χ2n) is 4.46. The first-order valence-corrected chi connectivity index (χ1v) is 7.03. The molecule has 2 aromatic rings. The summed E-state index contributed by atoms with van der Waals surface area (Å²) in [5.74, 6) is -1.80. The van der Waals surface area contributed by atoms with Gasteiger partial charge in [0.05, 0.1) is 0 Å². The average Bonchev–Trinajstić information content (AvgIpc) is 2.42. The first kappa shape index (κ1) is 17.3. The molecule has 0 saturated heterocycles. The number of hydrogen-bond acceptors (Lipinski definition) is 3. The van der Waals surface area contributed by atoms with Crippen molar-refractivity contribution in [3.63, 3.8) is 0 Å². The van der Waals surface area contributed by atoms with Crippen molar-refractivity contribution in [3.05, 3.63) is 59.9 Å². The van der Waals surface area contributed by atoms with Crippen molar-refractivity contribution >= 4 is 17.5 Å². The van der Waals surface area contributed by atoms with Crippen LogP contribution in [0.1, 0.15) is 11.3 Å². The van der Waals surface area contributed by atoms with Crippen LogP contribution in [0.3, 0.4) is 0 Å². The Kier molecular flexibility index (Phi) is 4.93. The zero-order chi connectivity index (χ0) is 17.2. The highest BCUT2D eigenvalue weighted by Crippen LogP contribution is 2.38. The Bertz CT molecular complexity index is 745. The molecule has 0 aliphatic heterocycles. The summed E-state index contributed by atoms with van der Waals surface area (Å²) < 4.78 is 68.9. The highest BCUT2D eigenvalue weighted by atomic mass is 32.2. The standard InChI is InChI=1S/C15H10F5NOS/c1-8-7-10(23-15(18,19)20)3-5-12(8)22-9(2)14-11(16)4-6-13(17)21-14/h3-7H,2H2,1H3. The van der Waals surface area contributed by atoms with Gasteiger partial charge in [-0.05, 0) is 54.6 Å². The van der Waals surface area contributed by atoms with Crippen LogP contribution in [0.2, 0.25) is 0 Å². The molecule has 1 aromatic heterocycles. The van der Waals surface area contributed by atoms with Crippen molar-refractivity contribution in [3.8, 4) is 5.75 Å². The Morgan fingerprint density at radius 3 is 2.48 bits per heavy atom. The summed E-state index contributed by atoms with van der Waals surface area (Å²) in [6.45, 7) is 4.99. The van der Waals surface area contributed by atoms with Crippen LogP contribution in [0.15, 0.2) is 41.8 Å². The van der Waals surface area contributed by atoms with E-state index in [0.29, 0.717) is 5.56 Å². The second kappa shape index (κ2) is 6.57. The maximum atomic E-state index is 13.6. The summed E-state index contributed by atoms with van der Waals surface area (Å²) in [5.41, 5.74) is -4.41. The van der Waals surface area contributed by atoms with Gasteiger partial charge in [0.15, 0.2) is 5.82 Å². The van der Waals surface area contributed by atoms with Gasteiger partial charge in [0, 0.05) is 4.90 Å². The van der Waals surface area contributed by atoms with Crippen LogP contribution < -0.4 is 4.74 Å². The lowest BCUT2D eigenvalue weighted by molar-refractivity contribution is -0.0328. The average molecular weight is 347 g/mol. The number of ether oxygens (including phenoxy) is 1. The third-order valence-electron chi connectivity index (χ3n) is 2.69. The van der Waals surface area contributed by atoms with Crippen molar-refractivity contribution in [1.29, 1.82) is 0 Å². The minimum atomic E-state index is -4.40. The highest BCUT2D eigenvalue weighted by Gasteiger charge is 2.29. The van der Waals surface area contributed by atoms with Crippen LogP contribution in [-0.4, -0.2) is 10.5 Å². The number of halogens is 5. The molecule has 0 amide bonds. The van der Waals surface area contributed by atoms with Crippen LogP contribution in [0.5, 0.6) is 5.75 Å². The summed E-state index contributed by atoms with van der Waals surface area (Å²) in [5, 5.41) is 0. The van der Waals surface area contributed by atoms with Gasteiger partial charge < -0.3 is 4.74 Å². The molecule has 2 nitrogen and oxygen atoms in total. The summed E-state index contributed by atoms with van der Waals surface area (Å²) in [6, 6.07) is 5.51. The van der Waals surface area contributed by atoms with Gasteiger partial charge in [-0.3, -0.25) is 0 Å². The predicted octanol–water partition coefficient (Wildman–Crippen LogP) is 5.33. The van der Waals surface area contributed by atoms with Gasteiger partial charge in [-0.25, -0.2) is 9.37 Å². The van der Waals surface area contributed by atoms with Crippen LogP contribution in [-0.2, 0) is 0 Å². The first-order chi connectivity index (χ1) is 10.7. The van der Waals surface area contributed by atoms with E-state index in [1.54, 1.807) is 0 Å². The van der Waals surface area contributed by atoms with E-state index < -0.39 is 23.0 Å². The number of aryl methyl sites for hydroxylation is 1. The molecule has 0 atom stereocenters. The Morgan fingerprint density at radius 2 is 1.87 bits per heavy atom. The van der Waals surface area contributed by atoms with Gasteiger partial charge in [0.2, 0.25) is 5.95 Å². The van der Waals surface area contributed by atoms with E-state index in [2.05, 4.69) is 11.6 Å². The minimum Gasteiger partial charge on any atom is -0.455 e. The normalized spacial score (nSPS) is 11.4. The Balaban J connectivity index is 2.20. The third-order valence-corrected chi connectivity index (χ3v) is 3.41. The highest BCUT2D eigenvalue weighted by molar-refractivity contribution is 8.00. The lowest BCUT2D eigenvalue weighted by Crippen LogP contribution is -2.03. The zero-order valence-electron chi connectivity index (χ0n) is 11.7. The number of rotatable bonds is 4. The number of pyridine rings is 1. The van der Waals surface area contributed by atoms with E-state index in [1.807, 2.05) is 0 Å². The first-order valence-electron chi connectivity index (χ1n) is 6.21. The van der Waals surface area contributed by atoms with Crippen LogP contribution in [0.25, 0.3) is 5.76 Å². The molecule has 1 heterocycles. The van der Waals surface area contributed by atoms with E-state index >= 15 is 0 Å². The molecule has 0 bridgehead atoms. The minimum absolute atomic E-state index is 0.0111. The van der Waals surface area contributed by atoms with E-state index in [-0.39, 0.29) is 28.2 Å². The predicted molar refractivity (Wildman–Crippen MR) is 76.9 cm³/mol. The van der Waals surface area contributed by atoms with Crippen LogP contribution >= 0.6 is 11.8 Å². The maximum absolute atomic E-state index is 13.6. The molecule has 0 fully saturated rings. The quantitative estimate of drug-likeness (QED) is 0.323. The molecule has 0 aliphatic carbocycles. The number of nitrogens with zero attached hydrogens (tertiary/aromatic N) is 1. The topological polar surface area (TPSA) is 22.1 Å². The van der Waals surface area contributed by atoms with E-state index in [4.69, 9.17) is 4.74 Å². The number of aromatic nitrogens is 1. The number of benzene rings is 1. The van der Waals surface area contributed by atoms with Crippen molar-refractivity contribution in [2.45, 2.75) is 17.3 Å². The summed E-state index contributed by atoms with van der Waals surface area (Å²) in [6.07, 6.45) is 0. The molecule has 122 valence electrons. The number of alkyl halides is 3. The SMILES string of the molecule is C=C(Oc1ccc(SC(F)(F)F)cc1C)c1nc(F)ccc1F. The van der Waals surface area contributed by atoms with Crippen LogP contribution in [0.4, 0.5) is 22.0 Å². The van der Waals surface area contributed by atoms with Gasteiger partial charge in [-0.15, -0.1) is 0 Å². The lowest BCUT2D eigenvalue weighted by Gasteiger charge is -2.13. The van der Waals surface area contributed by atoms with Crippen molar-refractivity contribution in [2.75, 3.05) is 0 Å². The summed E-state index contributed by atoms with van der Waals surface area (Å²) in [7, 11) is 0. The van der Waals surface area contributed by atoms with Crippen molar-refractivity contribution in [1.82, 2.24) is 4.98 Å². The molecule has 8 heteroatoms. The molecule has 0 saturated carbocycles. The third kappa shape index (κ3) is 4.69. The smallest absolute Gasteiger partial charge is 0.446 e. The van der Waals surface area contributed by atoms with Gasteiger partial charge in [0.25, 0.3) is 0 Å². The Hall–Kier alpha value is -2.09. The van der Waals surface area contributed by atoms with E-state index in [0.717, 1.165) is 12.1 Å². The molecule has 2 rings (SSSR count). The largest absolute Gasteiger partial charge is 0.455 e. The van der Waals surface area contributed by atoms with Gasteiger partial charge in [-0.2, -0.15) is 17.6 Å². The molecule has 0 unspecified atom stereocenters. The number of hydrogen-bond donors (Lipinski definition) is 0. The summed E-state index contributed by atoms with van der Waals surface area (Å²) in [4.78, 5) is 3.33. The van der Waals surface area contributed by atoms with Crippen LogP contribution in [0, 0.1) is 18.7 Å². The fraction of sp³-hybridized carbons (Fsp3) is 0.133. The summed E-state index contributed by atoms with van der Waals surface area (Å²) >= 11 is -0.257. The monoisotopic (exact) mass is 347 g/mol. The van der Waals surface area contributed by atoms with Gasteiger partial charge in [0.1, 0.15) is 17.2 Å². The van der Waals surface area contributed by atoms with Crippen molar-refractivity contribution < 1.29 is 26.7 Å². The fourth-order valence-electron chi connectivity index (χ4n) is 1.73. The van der Waals surface area contributed by atoms with Gasteiger partial charge >= 0.3 is 5.51 Å². The van der Waals surface area contributed by atoms with Gasteiger partial charge in [-0.1, -0.05) is 6.58 Å². The Labute approximate surface area is 133 Å². The van der Waals surface area contributed by atoms with E-state index in [1.165, 1.54) is 25.1 Å². The zero-order valence-corrected chi connectivity index (χ0v) is 12.6.